The maximum absolute atomic E-state index is 5.70. The molecule has 0 saturated heterocycles. The van der Waals surface area contributed by atoms with Gasteiger partial charge in [-0.15, -0.1) is 0 Å². The molecule has 1 N–H and O–H groups in total. The maximum atomic E-state index is 5.70. The van der Waals surface area contributed by atoms with E-state index in [-0.39, 0.29) is 0 Å². The molecule has 0 aromatic carbocycles. The van der Waals surface area contributed by atoms with Crippen LogP contribution < -0.4 is 5.32 Å². The average Bonchev–Trinajstić information content (AvgIpc) is 2.60. The van der Waals surface area contributed by atoms with Gasteiger partial charge in [-0.05, 0) is 25.9 Å². The molecule has 0 spiro atoms. The zero-order chi connectivity index (χ0) is 10.5. The van der Waals surface area contributed by atoms with Crippen molar-refractivity contribution in [3.8, 4) is 0 Å². The highest BCUT2D eigenvalue weighted by atomic mass is 16.4. The molecular weight excluding hydrogens is 188 g/mol. The summed E-state index contributed by atoms with van der Waals surface area (Å²) in [6.07, 6.45) is 9.19. The molecule has 1 aromatic rings. The first-order valence-corrected chi connectivity index (χ1v) is 5.96. The maximum Gasteiger partial charge on any atom is 0.194 e. The van der Waals surface area contributed by atoms with Crippen LogP contribution in [0.2, 0.25) is 0 Å². The lowest BCUT2D eigenvalue weighted by Crippen LogP contribution is -2.13. The molecule has 0 amide bonds. The highest BCUT2D eigenvalue weighted by Gasteiger charge is 2.19. The van der Waals surface area contributed by atoms with Gasteiger partial charge in [-0.25, -0.2) is 4.98 Å². The molecule has 0 unspecified atom stereocenters. The van der Waals surface area contributed by atoms with Crippen molar-refractivity contribution in [3.63, 3.8) is 0 Å². The summed E-state index contributed by atoms with van der Waals surface area (Å²) in [6.45, 7) is 1.03. The summed E-state index contributed by atoms with van der Waals surface area (Å²) in [4.78, 5) is 4.31. The second-order valence-corrected chi connectivity index (χ2v) is 4.43. The zero-order valence-electron chi connectivity index (χ0n) is 9.46. The van der Waals surface area contributed by atoms with E-state index in [1.165, 1.54) is 19.3 Å². The predicted molar refractivity (Wildman–Crippen MR) is 59.8 cm³/mol. The summed E-state index contributed by atoms with van der Waals surface area (Å²) in [5.41, 5.74) is 0. The SMILES string of the molecule is CNCCCc1ncc(CC2CCC2)o1. The van der Waals surface area contributed by atoms with Crippen molar-refractivity contribution in [2.45, 2.75) is 38.5 Å². The molecule has 15 heavy (non-hydrogen) atoms. The fourth-order valence-corrected chi connectivity index (χ4v) is 1.96. The Balaban J connectivity index is 1.75. The Bertz CT molecular complexity index is 292. The van der Waals surface area contributed by atoms with Crippen LogP contribution in [0.25, 0.3) is 0 Å². The van der Waals surface area contributed by atoms with Crippen LogP contribution in [0.15, 0.2) is 10.6 Å². The average molecular weight is 208 g/mol. The molecule has 0 radical (unpaired) electrons. The lowest BCUT2D eigenvalue weighted by Gasteiger charge is -2.23. The highest BCUT2D eigenvalue weighted by Crippen LogP contribution is 2.29. The second-order valence-electron chi connectivity index (χ2n) is 4.43. The minimum atomic E-state index is 0.864. The number of oxazole rings is 1. The van der Waals surface area contributed by atoms with Gasteiger partial charge >= 0.3 is 0 Å². The second kappa shape index (κ2) is 5.31. The number of hydrogen-bond acceptors (Lipinski definition) is 3. The standard InChI is InChI=1S/C12H20N2O/c1-13-7-3-6-12-14-9-11(15-12)8-10-4-2-5-10/h9-10,13H,2-8H2,1H3. The summed E-state index contributed by atoms with van der Waals surface area (Å²) in [7, 11) is 1.97. The first-order valence-electron chi connectivity index (χ1n) is 5.96. The summed E-state index contributed by atoms with van der Waals surface area (Å²) in [5.74, 6) is 2.85. The first-order chi connectivity index (χ1) is 7.38. The minimum absolute atomic E-state index is 0.864. The molecule has 1 aliphatic rings. The van der Waals surface area contributed by atoms with E-state index in [0.29, 0.717) is 0 Å². The number of hydrogen-bond donors (Lipinski definition) is 1. The third kappa shape index (κ3) is 3.06. The summed E-state index contributed by atoms with van der Waals surface area (Å²) in [5, 5.41) is 3.13. The van der Waals surface area contributed by atoms with Crippen LogP contribution in [0.1, 0.15) is 37.3 Å². The van der Waals surface area contributed by atoms with Crippen LogP contribution in [0.4, 0.5) is 0 Å². The van der Waals surface area contributed by atoms with Gasteiger partial charge in [-0.1, -0.05) is 19.3 Å². The smallest absolute Gasteiger partial charge is 0.194 e. The van der Waals surface area contributed by atoms with Crippen molar-refractivity contribution in [1.29, 1.82) is 0 Å². The number of nitrogens with zero attached hydrogens (tertiary/aromatic N) is 1. The Kier molecular flexibility index (Phi) is 3.78. The fraction of sp³-hybridized carbons (Fsp3) is 0.750. The number of nitrogens with one attached hydrogen (secondary N) is 1. The van der Waals surface area contributed by atoms with Crippen LogP contribution >= 0.6 is 0 Å². The Morgan fingerprint density at radius 1 is 1.53 bits per heavy atom. The largest absolute Gasteiger partial charge is 0.446 e. The van der Waals surface area contributed by atoms with Crippen LogP contribution in [-0.4, -0.2) is 18.6 Å². The fourth-order valence-electron chi connectivity index (χ4n) is 1.96. The zero-order valence-corrected chi connectivity index (χ0v) is 9.46. The molecule has 0 bridgehead atoms. The minimum Gasteiger partial charge on any atom is -0.446 e. The lowest BCUT2D eigenvalue weighted by atomic mass is 9.82. The van der Waals surface area contributed by atoms with Crippen LogP contribution in [0, 0.1) is 5.92 Å². The molecule has 0 aliphatic heterocycles. The van der Waals surface area contributed by atoms with E-state index in [2.05, 4.69) is 10.3 Å². The van der Waals surface area contributed by atoms with Crippen molar-refractivity contribution in [2.24, 2.45) is 5.92 Å². The molecule has 2 rings (SSSR count). The highest BCUT2D eigenvalue weighted by molar-refractivity contribution is 4.97. The van der Waals surface area contributed by atoms with Gasteiger partial charge in [0.05, 0.1) is 6.20 Å². The van der Waals surface area contributed by atoms with E-state index >= 15 is 0 Å². The third-order valence-electron chi connectivity index (χ3n) is 3.13. The van der Waals surface area contributed by atoms with Crippen molar-refractivity contribution in [3.05, 3.63) is 17.8 Å². The van der Waals surface area contributed by atoms with E-state index in [1.807, 2.05) is 13.2 Å². The van der Waals surface area contributed by atoms with Gasteiger partial charge in [0, 0.05) is 12.8 Å². The topological polar surface area (TPSA) is 38.1 Å². The van der Waals surface area contributed by atoms with Crippen molar-refractivity contribution < 1.29 is 4.42 Å². The number of rotatable bonds is 6. The van der Waals surface area contributed by atoms with Crippen LogP contribution in [-0.2, 0) is 12.8 Å². The summed E-state index contributed by atoms with van der Waals surface area (Å²) < 4.78 is 5.70. The van der Waals surface area contributed by atoms with E-state index < -0.39 is 0 Å². The molecule has 1 fully saturated rings. The third-order valence-corrected chi connectivity index (χ3v) is 3.13. The molecule has 0 atom stereocenters. The molecular formula is C12H20N2O. The monoisotopic (exact) mass is 208 g/mol. The normalized spacial score (nSPS) is 16.6. The molecule has 84 valence electrons. The van der Waals surface area contributed by atoms with Crippen molar-refractivity contribution in [1.82, 2.24) is 10.3 Å². The van der Waals surface area contributed by atoms with Gasteiger partial charge in [-0.2, -0.15) is 0 Å². The summed E-state index contributed by atoms with van der Waals surface area (Å²) >= 11 is 0. The van der Waals surface area contributed by atoms with Crippen molar-refractivity contribution in [2.75, 3.05) is 13.6 Å². The van der Waals surface area contributed by atoms with Crippen LogP contribution in [0.5, 0.6) is 0 Å². The van der Waals surface area contributed by atoms with E-state index in [0.717, 1.165) is 43.4 Å². The lowest BCUT2D eigenvalue weighted by molar-refractivity contribution is 0.291. The Labute approximate surface area is 91.3 Å². The number of aromatic nitrogens is 1. The number of aryl methyl sites for hydroxylation is 1. The van der Waals surface area contributed by atoms with Gasteiger partial charge in [0.15, 0.2) is 5.89 Å². The predicted octanol–water partition coefficient (Wildman–Crippen LogP) is 2.17. The molecule has 1 aromatic heterocycles. The molecule has 3 nitrogen and oxygen atoms in total. The molecule has 1 saturated carbocycles. The Hall–Kier alpha value is -0.830. The van der Waals surface area contributed by atoms with E-state index in [4.69, 9.17) is 4.42 Å². The molecule has 1 aliphatic carbocycles. The Morgan fingerprint density at radius 3 is 3.07 bits per heavy atom. The van der Waals surface area contributed by atoms with Gasteiger partial charge < -0.3 is 9.73 Å². The Morgan fingerprint density at radius 2 is 2.40 bits per heavy atom. The van der Waals surface area contributed by atoms with Gasteiger partial charge in [0.1, 0.15) is 5.76 Å². The van der Waals surface area contributed by atoms with Crippen molar-refractivity contribution >= 4 is 0 Å². The quantitative estimate of drug-likeness (QED) is 0.728. The molecule has 1 heterocycles. The van der Waals surface area contributed by atoms with Gasteiger partial charge in [-0.3, -0.25) is 0 Å². The van der Waals surface area contributed by atoms with Crippen LogP contribution in [0.3, 0.4) is 0 Å². The van der Waals surface area contributed by atoms with Gasteiger partial charge in [0.2, 0.25) is 0 Å². The first kappa shape index (κ1) is 10.7. The summed E-state index contributed by atoms with van der Waals surface area (Å²) in [6, 6.07) is 0. The van der Waals surface area contributed by atoms with E-state index in [1.54, 1.807) is 0 Å². The van der Waals surface area contributed by atoms with Gasteiger partial charge in [0.25, 0.3) is 0 Å². The molecule has 3 heteroatoms. The van der Waals surface area contributed by atoms with E-state index in [9.17, 15) is 0 Å².